The molecular formula is C10H9BrN2S. The van der Waals surface area contributed by atoms with Crippen LogP contribution in [0.4, 0.5) is 0 Å². The van der Waals surface area contributed by atoms with Crippen LogP contribution in [0.3, 0.4) is 0 Å². The van der Waals surface area contributed by atoms with E-state index in [0.717, 1.165) is 21.5 Å². The van der Waals surface area contributed by atoms with Gasteiger partial charge < -0.3 is 0 Å². The molecule has 0 saturated carbocycles. The zero-order valence-electron chi connectivity index (χ0n) is 7.70. The molecule has 0 N–H and O–H groups in total. The molecule has 0 spiro atoms. The number of benzene rings is 1. The first-order chi connectivity index (χ1) is 6.81. The molecule has 0 amide bonds. The predicted molar refractivity (Wildman–Crippen MR) is 62.4 cm³/mol. The molecular weight excluding hydrogens is 260 g/mol. The van der Waals surface area contributed by atoms with Crippen molar-refractivity contribution in [2.45, 2.75) is 13.3 Å². The van der Waals surface area contributed by atoms with Gasteiger partial charge in [0.1, 0.15) is 10.5 Å². The zero-order chi connectivity index (χ0) is 9.97. The third kappa shape index (κ3) is 1.86. The monoisotopic (exact) mass is 268 g/mol. The third-order valence-electron chi connectivity index (χ3n) is 2.03. The van der Waals surface area contributed by atoms with Gasteiger partial charge in [-0.25, -0.2) is 0 Å². The smallest absolute Gasteiger partial charge is 0.147 e. The lowest BCUT2D eigenvalue weighted by atomic mass is 10.1. The highest BCUT2D eigenvalue weighted by atomic mass is 79.9. The van der Waals surface area contributed by atoms with E-state index in [0.29, 0.717) is 0 Å². The molecule has 4 heteroatoms. The SMILES string of the molecule is CCc1cc(-c2nncs2)ccc1Br. The summed E-state index contributed by atoms with van der Waals surface area (Å²) in [6, 6.07) is 6.28. The highest BCUT2D eigenvalue weighted by molar-refractivity contribution is 9.10. The van der Waals surface area contributed by atoms with Crippen molar-refractivity contribution in [3.63, 3.8) is 0 Å². The number of hydrogen-bond donors (Lipinski definition) is 0. The molecule has 14 heavy (non-hydrogen) atoms. The minimum Gasteiger partial charge on any atom is -0.147 e. The Balaban J connectivity index is 2.46. The van der Waals surface area contributed by atoms with Crippen LogP contribution in [-0.4, -0.2) is 10.2 Å². The lowest BCUT2D eigenvalue weighted by Gasteiger charge is -2.02. The van der Waals surface area contributed by atoms with Crippen LogP contribution < -0.4 is 0 Å². The minimum atomic E-state index is 0.979. The van der Waals surface area contributed by atoms with Crippen LogP contribution in [0, 0.1) is 0 Å². The van der Waals surface area contributed by atoms with Crippen molar-refractivity contribution in [1.29, 1.82) is 0 Å². The lowest BCUT2D eigenvalue weighted by Crippen LogP contribution is -1.84. The van der Waals surface area contributed by atoms with Gasteiger partial charge in [0.15, 0.2) is 0 Å². The Labute approximate surface area is 95.1 Å². The van der Waals surface area contributed by atoms with Gasteiger partial charge in [0.2, 0.25) is 0 Å². The Morgan fingerprint density at radius 3 is 2.93 bits per heavy atom. The van der Waals surface area contributed by atoms with Crippen molar-refractivity contribution in [3.8, 4) is 10.6 Å². The number of hydrogen-bond acceptors (Lipinski definition) is 3. The lowest BCUT2D eigenvalue weighted by molar-refractivity contribution is 1.09. The highest BCUT2D eigenvalue weighted by Crippen LogP contribution is 2.26. The quantitative estimate of drug-likeness (QED) is 0.833. The summed E-state index contributed by atoms with van der Waals surface area (Å²) in [5.41, 5.74) is 4.20. The van der Waals surface area contributed by atoms with E-state index in [1.165, 1.54) is 5.56 Å². The number of aryl methyl sites for hydroxylation is 1. The van der Waals surface area contributed by atoms with E-state index in [2.05, 4.69) is 51.3 Å². The molecule has 0 unspecified atom stereocenters. The van der Waals surface area contributed by atoms with Gasteiger partial charge in [-0.1, -0.05) is 40.3 Å². The molecule has 0 aliphatic carbocycles. The van der Waals surface area contributed by atoms with Crippen LogP contribution in [0.5, 0.6) is 0 Å². The summed E-state index contributed by atoms with van der Waals surface area (Å²) < 4.78 is 1.16. The fraction of sp³-hybridized carbons (Fsp3) is 0.200. The van der Waals surface area contributed by atoms with Gasteiger partial charge in [-0.05, 0) is 24.1 Å². The fourth-order valence-corrected chi connectivity index (χ4v) is 2.36. The normalized spacial score (nSPS) is 10.4. The first kappa shape index (κ1) is 9.80. The molecule has 2 nitrogen and oxygen atoms in total. The maximum absolute atomic E-state index is 4.04. The zero-order valence-corrected chi connectivity index (χ0v) is 10.1. The van der Waals surface area contributed by atoms with Crippen molar-refractivity contribution in [2.24, 2.45) is 0 Å². The summed E-state index contributed by atoms with van der Waals surface area (Å²) in [4.78, 5) is 0. The second-order valence-electron chi connectivity index (χ2n) is 2.90. The summed E-state index contributed by atoms with van der Waals surface area (Å²) in [7, 11) is 0. The Morgan fingerprint density at radius 2 is 2.29 bits per heavy atom. The standard InChI is InChI=1S/C10H9BrN2S/c1-2-7-5-8(3-4-9(7)11)10-13-12-6-14-10/h3-6H,2H2,1H3. The number of halogens is 1. The molecule has 2 rings (SSSR count). The Morgan fingerprint density at radius 1 is 1.43 bits per heavy atom. The summed E-state index contributed by atoms with van der Waals surface area (Å²) in [5.74, 6) is 0. The Bertz CT molecular complexity index is 426. The molecule has 0 fully saturated rings. The summed E-state index contributed by atoms with van der Waals surface area (Å²) in [6.45, 7) is 2.14. The van der Waals surface area contributed by atoms with Crippen molar-refractivity contribution in [2.75, 3.05) is 0 Å². The first-order valence-corrected chi connectivity index (χ1v) is 6.03. The topological polar surface area (TPSA) is 25.8 Å². The van der Waals surface area contributed by atoms with Gasteiger partial charge in [-0.15, -0.1) is 10.2 Å². The molecule has 1 heterocycles. The number of rotatable bonds is 2. The molecule has 1 aromatic carbocycles. The van der Waals surface area contributed by atoms with E-state index in [1.807, 2.05) is 0 Å². The molecule has 2 aromatic rings. The predicted octanol–water partition coefficient (Wildman–Crippen LogP) is 3.53. The van der Waals surface area contributed by atoms with Gasteiger partial charge in [0, 0.05) is 10.0 Å². The van der Waals surface area contributed by atoms with Crippen LogP contribution in [0.25, 0.3) is 10.6 Å². The van der Waals surface area contributed by atoms with E-state index in [4.69, 9.17) is 0 Å². The van der Waals surface area contributed by atoms with E-state index in [9.17, 15) is 0 Å². The molecule has 0 atom stereocenters. The maximum Gasteiger partial charge on any atom is 0.147 e. The van der Waals surface area contributed by atoms with E-state index in [1.54, 1.807) is 16.8 Å². The summed E-state index contributed by atoms with van der Waals surface area (Å²) >= 11 is 5.08. The van der Waals surface area contributed by atoms with Gasteiger partial charge in [-0.3, -0.25) is 0 Å². The average Bonchev–Trinajstić information content (AvgIpc) is 2.71. The summed E-state index contributed by atoms with van der Waals surface area (Å²) in [6.07, 6.45) is 1.02. The van der Waals surface area contributed by atoms with Crippen LogP contribution in [0.1, 0.15) is 12.5 Å². The van der Waals surface area contributed by atoms with Crippen LogP contribution in [-0.2, 0) is 6.42 Å². The third-order valence-corrected chi connectivity index (χ3v) is 3.55. The molecule has 0 saturated heterocycles. The van der Waals surface area contributed by atoms with Crippen LogP contribution in [0.2, 0.25) is 0 Å². The first-order valence-electron chi connectivity index (χ1n) is 4.36. The van der Waals surface area contributed by atoms with E-state index < -0.39 is 0 Å². The average molecular weight is 269 g/mol. The van der Waals surface area contributed by atoms with Crippen molar-refractivity contribution in [3.05, 3.63) is 33.7 Å². The van der Waals surface area contributed by atoms with Crippen molar-refractivity contribution in [1.82, 2.24) is 10.2 Å². The second-order valence-corrected chi connectivity index (χ2v) is 4.59. The Hall–Kier alpha value is -0.740. The maximum atomic E-state index is 4.04. The van der Waals surface area contributed by atoms with Gasteiger partial charge in [0.05, 0.1) is 0 Å². The molecule has 0 radical (unpaired) electrons. The van der Waals surface area contributed by atoms with E-state index >= 15 is 0 Å². The summed E-state index contributed by atoms with van der Waals surface area (Å²) in [5, 5.41) is 8.86. The van der Waals surface area contributed by atoms with Gasteiger partial charge in [0.25, 0.3) is 0 Å². The van der Waals surface area contributed by atoms with Crippen molar-refractivity contribution >= 4 is 27.3 Å². The molecule has 1 aromatic heterocycles. The van der Waals surface area contributed by atoms with Gasteiger partial charge >= 0.3 is 0 Å². The van der Waals surface area contributed by atoms with Crippen molar-refractivity contribution < 1.29 is 0 Å². The Kier molecular flexibility index (Phi) is 2.93. The minimum absolute atomic E-state index is 0.979. The fourth-order valence-electron chi connectivity index (χ4n) is 1.28. The molecule has 0 aliphatic heterocycles. The van der Waals surface area contributed by atoms with Gasteiger partial charge in [-0.2, -0.15) is 0 Å². The number of aromatic nitrogens is 2. The molecule has 0 bridgehead atoms. The van der Waals surface area contributed by atoms with E-state index in [-0.39, 0.29) is 0 Å². The van der Waals surface area contributed by atoms with Crippen LogP contribution >= 0.6 is 27.3 Å². The largest absolute Gasteiger partial charge is 0.147 e. The molecule has 72 valence electrons. The second kappa shape index (κ2) is 4.19. The molecule has 0 aliphatic rings. The van der Waals surface area contributed by atoms with Crippen LogP contribution in [0.15, 0.2) is 28.2 Å². The highest BCUT2D eigenvalue weighted by Gasteiger charge is 2.04. The number of nitrogens with zero attached hydrogens (tertiary/aromatic N) is 2.